The molecule has 0 aliphatic heterocycles. The Morgan fingerprint density at radius 3 is 2.57 bits per heavy atom. The zero-order valence-electron chi connectivity index (χ0n) is 8.63. The van der Waals surface area contributed by atoms with Crippen LogP contribution >= 0.6 is 0 Å². The van der Waals surface area contributed by atoms with E-state index in [1.54, 1.807) is 0 Å². The molecule has 0 fully saturated rings. The summed E-state index contributed by atoms with van der Waals surface area (Å²) in [5.74, 6) is 0.979. The third-order valence-corrected chi connectivity index (χ3v) is 2.57. The topological polar surface area (TPSA) is 39.2 Å². The number of hydrogen-bond acceptors (Lipinski definition) is 2. The van der Waals surface area contributed by atoms with E-state index in [0.717, 1.165) is 17.8 Å². The number of furan rings is 1. The molecule has 0 bridgehead atoms. The van der Waals surface area contributed by atoms with Crippen LogP contribution in [-0.2, 0) is 6.42 Å². The quantitative estimate of drug-likeness (QED) is 0.788. The molecule has 0 aliphatic rings. The highest BCUT2D eigenvalue weighted by Gasteiger charge is 2.04. The first kappa shape index (κ1) is 9.28. The molecule has 1 heterocycles. The molecule has 74 valence electrons. The fraction of sp³-hybridized carbons (Fsp3) is 0.333. The second kappa shape index (κ2) is 3.46. The number of rotatable bonds is 2. The highest BCUT2D eigenvalue weighted by Crippen LogP contribution is 2.23. The predicted molar refractivity (Wildman–Crippen MR) is 58.4 cm³/mol. The Morgan fingerprint density at radius 1 is 1.14 bits per heavy atom. The molecular formula is C12H15NO. The fourth-order valence-electron chi connectivity index (χ4n) is 1.62. The van der Waals surface area contributed by atoms with Gasteiger partial charge in [-0.25, -0.2) is 0 Å². The van der Waals surface area contributed by atoms with Crippen LogP contribution in [0.3, 0.4) is 0 Å². The lowest BCUT2D eigenvalue weighted by Crippen LogP contribution is -2.01. The minimum absolute atomic E-state index is 0.637. The third-order valence-electron chi connectivity index (χ3n) is 2.57. The van der Waals surface area contributed by atoms with Gasteiger partial charge in [0.15, 0.2) is 0 Å². The Labute approximate surface area is 83.7 Å². The summed E-state index contributed by atoms with van der Waals surface area (Å²) in [6.45, 7) is 4.85. The van der Waals surface area contributed by atoms with Gasteiger partial charge in [-0.1, -0.05) is 0 Å². The number of benzene rings is 1. The molecule has 1 aromatic carbocycles. The minimum Gasteiger partial charge on any atom is -0.461 e. The van der Waals surface area contributed by atoms with Gasteiger partial charge in [-0.2, -0.15) is 0 Å². The Kier molecular flexibility index (Phi) is 2.30. The van der Waals surface area contributed by atoms with Crippen molar-refractivity contribution < 1.29 is 4.42 Å². The largest absolute Gasteiger partial charge is 0.461 e. The van der Waals surface area contributed by atoms with Gasteiger partial charge in [0.2, 0.25) is 0 Å². The van der Waals surface area contributed by atoms with Crippen molar-refractivity contribution in [2.75, 3.05) is 6.54 Å². The van der Waals surface area contributed by atoms with Crippen LogP contribution in [0.4, 0.5) is 0 Å². The molecule has 0 radical (unpaired) electrons. The van der Waals surface area contributed by atoms with E-state index >= 15 is 0 Å². The van der Waals surface area contributed by atoms with E-state index in [2.05, 4.69) is 32.0 Å². The molecule has 14 heavy (non-hydrogen) atoms. The summed E-state index contributed by atoms with van der Waals surface area (Å²) >= 11 is 0. The lowest BCUT2D eigenvalue weighted by Gasteiger charge is -1.97. The Morgan fingerprint density at radius 2 is 1.86 bits per heavy atom. The molecule has 2 heteroatoms. The molecule has 0 atom stereocenters. The molecule has 0 saturated carbocycles. The van der Waals surface area contributed by atoms with Crippen LogP contribution in [0, 0.1) is 13.8 Å². The Hall–Kier alpha value is -1.28. The van der Waals surface area contributed by atoms with E-state index in [9.17, 15) is 0 Å². The summed E-state index contributed by atoms with van der Waals surface area (Å²) in [4.78, 5) is 0. The van der Waals surface area contributed by atoms with Gasteiger partial charge < -0.3 is 10.2 Å². The second-order valence-corrected chi connectivity index (χ2v) is 3.73. The molecule has 0 amide bonds. The summed E-state index contributed by atoms with van der Waals surface area (Å²) in [6, 6.07) is 6.33. The first-order valence-corrected chi connectivity index (χ1v) is 4.90. The maximum absolute atomic E-state index is 5.66. The highest BCUT2D eigenvalue weighted by atomic mass is 16.3. The molecule has 0 spiro atoms. The monoisotopic (exact) mass is 189 g/mol. The van der Waals surface area contributed by atoms with Gasteiger partial charge in [-0.05, 0) is 49.7 Å². The van der Waals surface area contributed by atoms with Crippen molar-refractivity contribution in [2.24, 2.45) is 5.73 Å². The standard InChI is InChI=1S/C12H15NO/c1-8-5-10-7-11(3-4-13)14-12(10)6-9(8)2/h5-7H,3-4,13H2,1-2H3. The molecule has 1 aromatic heterocycles. The van der Waals surface area contributed by atoms with Crippen LogP contribution < -0.4 is 5.73 Å². The number of nitrogens with two attached hydrogens (primary N) is 1. The molecule has 2 rings (SSSR count). The Balaban J connectivity index is 2.54. The van der Waals surface area contributed by atoms with Gasteiger partial charge in [0, 0.05) is 11.8 Å². The van der Waals surface area contributed by atoms with Gasteiger partial charge >= 0.3 is 0 Å². The van der Waals surface area contributed by atoms with Crippen LogP contribution in [0.25, 0.3) is 11.0 Å². The van der Waals surface area contributed by atoms with E-state index in [0.29, 0.717) is 6.54 Å². The highest BCUT2D eigenvalue weighted by molar-refractivity contribution is 5.79. The maximum Gasteiger partial charge on any atom is 0.134 e. The van der Waals surface area contributed by atoms with Crippen LogP contribution in [0.15, 0.2) is 22.6 Å². The van der Waals surface area contributed by atoms with Gasteiger partial charge in [-0.3, -0.25) is 0 Å². The van der Waals surface area contributed by atoms with Crippen LogP contribution in [-0.4, -0.2) is 6.54 Å². The van der Waals surface area contributed by atoms with Gasteiger partial charge in [0.1, 0.15) is 11.3 Å². The van der Waals surface area contributed by atoms with Crippen molar-refractivity contribution >= 4 is 11.0 Å². The fourth-order valence-corrected chi connectivity index (χ4v) is 1.62. The summed E-state index contributed by atoms with van der Waals surface area (Å²) in [5.41, 5.74) is 9.02. The number of fused-ring (bicyclic) bond motifs is 1. The van der Waals surface area contributed by atoms with Gasteiger partial charge in [0.25, 0.3) is 0 Å². The molecular weight excluding hydrogens is 174 g/mol. The molecule has 0 unspecified atom stereocenters. The first-order valence-electron chi connectivity index (χ1n) is 4.90. The van der Waals surface area contributed by atoms with Crippen LogP contribution in [0.2, 0.25) is 0 Å². The number of hydrogen-bond donors (Lipinski definition) is 1. The SMILES string of the molecule is Cc1cc2cc(CCN)oc2cc1C. The lowest BCUT2D eigenvalue weighted by molar-refractivity contribution is 0.550. The molecule has 2 aromatic rings. The summed E-state index contributed by atoms with van der Waals surface area (Å²) in [5, 5.41) is 1.18. The van der Waals surface area contributed by atoms with E-state index in [-0.39, 0.29) is 0 Å². The van der Waals surface area contributed by atoms with Crippen molar-refractivity contribution in [1.82, 2.24) is 0 Å². The molecule has 0 aliphatic carbocycles. The van der Waals surface area contributed by atoms with E-state index in [4.69, 9.17) is 10.2 Å². The second-order valence-electron chi connectivity index (χ2n) is 3.73. The van der Waals surface area contributed by atoms with Crippen molar-refractivity contribution in [1.29, 1.82) is 0 Å². The zero-order chi connectivity index (χ0) is 10.1. The van der Waals surface area contributed by atoms with Crippen LogP contribution in [0.5, 0.6) is 0 Å². The molecule has 0 saturated heterocycles. The van der Waals surface area contributed by atoms with Crippen molar-refractivity contribution in [3.63, 3.8) is 0 Å². The van der Waals surface area contributed by atoms with Crippen LogP contribution in [0.1, 0.15) is 16.9 Å². The van der Waals surface area contributed by atoms with Crippen molar-refractivity contribution in [3.05, 3.63) is 35.1 Å². The molecule has 2 N–H and O–H groups in total. The molecule has 2 nitrogen and oxygen atoms in total. The zero-order valence-corrected chi connectivity index (χ0v) is 8.63. The Bertz CT molecular complexity index is 418. The normalized spacial score (nSPS) is 11.1. The lowest BCUT2D eigenvalue weighted by atomic mass is 10.1. The van der Waals surface area contributed by atoms with Crippen molar-refractivity contribution in [2.45, 2.75) is 20.3 Å². The van der Waals surface area contributed by atoms with Crippen molar-refractivity contribution in [3.8, 4) is 0 Å². The maximum atomic E-state index is 5.66. The summed E-state index contributed by atoms with van der Waals surface area (Å²) < 4.78 is 5.66. The number of aryl methyl sites for hydroxylation is 2. The minimum atomic E-state index is 0.637. The van der Waals surface area contributed by atoms with E-state index in [1.165, 1.54) is 16.5 Å². The summed E-state index contributed by atoms with van der Waals surface area (Å²) in [7, 11) is 0. The predicted octanol–water partition coefficient (Wildman–Crippen LogP) is 2.55. The van der Waals surface area contributed by atoms with E-state index < -0.39 is 0 Å². The van der Waals surface area contributed by atoms with Gasteiger partial charge in [-0.15, -0.1) is 0 Å². The first-order chi connectivity index (χ1) is 6.70. The van der Waals surface area contributed by atoms with E-state index in [1.807, 2.05) is 0 Å². The average molecular weight is 189 g/mol. The third kappa shape index (κ3) is 1.53. The average Bonchev–Trinajstić information content (AvgIpc) is 2.48. The summed E-state index contributed by atoms with van der Waals surface area (Å²) in [6.07, 6.45) is 0.812. The van der Waals surface area contributed by atoms with Gasteiger partial charge in [0.05, 0.1) is 0 Å². The smallest absolute Gasteiger partial charge is 0.134 e.